The van der Waals surface area contributed by atoms with Crippen LogP contribution >= 0.6 is 21.6 Å². The lowest BCUT2D eigenvalue weighted by molar-refractivity contribution is -0.147. The summed E-state index contributed by atoms with van der Waals surface area (Å²) < 4.78 is 0. The Hall–Kier alpha value is -3.62. The number of nitrogens with zero attached hydrogens (tertiary/aromatic N) is 1. The van der Waals surface area contributed by atoms with Gasteiger partial charge in [-0.25, -0.2) is 0 Å². The minimum atomic E-state index is -1.34. The largest absolute Gasteiger partial charge is 0.480 e. The van der Waals surface area contributed by atoms with E-state index in [0.29, 0.717) is 6.42 Å². The van der Waals surface area contributed by atoms with E-state index >= 15 is 0 Å². The molecule has 5 atom stereocenters. The number of amides is 4. The van der Waals surface area contributed by atoms with Gasteiger partial charge in [0, 0.05) is 30.4 Å². The zero-order valence-corrected chi connectivity index (χ0v) is 25.9. The maximum absolute atomic E-state index is 13.3. The Bertz CT molecular complexity index is 1050. The number of nitrogens with two attached hydrogens (primary N) is 2. The summed E-state index contributed by atoms with van der Waals surface area (Å²) in [6.07, 6.45) is -0.716. The standard InChI is InChI=1S/C24H40N6O12S2/c1-3-12(2)30(9-20(35)36)22(38)16(29-18(32)7-5-14(26)24(41)42)11-44-43-10-15(21(37)27-8-19(33)34)28-17(31)6-4-13(25)23(39)40/h12-16H,3-11,25-26H2,1-2H3,(H,27,37)(H,28,31)(H,29,32)(H,33,34)(H,35,36)(H,39,40)(H,41,42)/t12?,13-,14-,15-,16-/m0/s1. The lowest BCUT2D eigenvalue weighted by Crippen LogP contribution is -2.53. The van der Waals surface area contributed by atoms with Crippen molar-refractivity contribution in [3.63, 3.8) is 0 Å². The van der Waals surface area contributed by atoms with Crippen LogP contribution in [0.4, 0.5) is 0 Å². The SMILES string of the molecule is CCC(C)N(CC(=O)O)C(=O)[C@H](CSSC[C@H](NC(=O)CC[C@H](N)C(=O)O)C(=O)NCC(=O)O)NC(=O)CC[C@H](N)C(=O)O. The van der Waals surface area contributed by atoms with Crippen LogP contribution < -0.4 is 27.4 Å². The minimum absolute atomic E-state index is 0.141. The quantitative estimate of drug-likeness (QED) is 0.0406. The van der Waals surface area contributed by atoms with Gasteiger partial charge in [0.2, 0.25) is 23.6 Å². The van der Waals surface area contributed by atoms with E-state index in [-0.39, 0.29) is 37.2 Å². The Labute approximate surface area is 260 Å². The fourth-order valence-corrected chi connectivity index (χ4v) is 5.57. The van der Waals surface area contributed by atoms with Crippen LogP contribution in [0.25, 0.3) is 0 Å². The highest BCUT2D eigenvalue weighted by atomic mass is 33.1. The third-order valence-corrected chi connectivity index (χ3v) is 8.38. The normalized spacial score (nSPS) is 14.2. The summed E-state index contributed by atoms with van der Waals surface area (Å²) in [5, 5.41) is 42.9. The van der Waals surface area contributed by atoms with E-state index in [4.69, 9.17) is 26.8 Å². The van der Waals surface area contributed by atoms with Crippen molar-refractivity contribution in [1.29, 1.82) is 0 Å². The molecule has 0 heterocycles. The summed E-state index contributed by atoms with van der Waals surface area (Å²) in [6, 6.07) is -5.68. The lowest BCUT2D eigenvalue weighted by atomic mass is 10.1. The van der Waals surface area contributed by atoms with E-state index < -0.39 is 90.8 Å². The van der Waals surface area contributed by atoms with Crippen molar-refractivity contribution in [2.24, 2.45) is 11.5 Å². The van der Waals surface area contributed by atoms with E-state index in [1.807, 2.05) is 0 Å². The maximum atomic E-state index is 13.3. The fraction of sp³-hybridized carbons (Fsp3) is 0.667. The molecule has 0 aromatic rings. The predicted molar refractivity (Wildman–Crippen MR) is 158 cm³/mol. The highest BCUT2D eigenvalue weighted by Crippen LogP contribution is 2.24. The number of nitrogens with one attached hydrogen (secondary N) is 3. The molecule has 0 saturated heterocycles. The number of rotatable bonds is 23. The Morgan fingerprint density at radius 3 is 1.61 bits per heavy atom. The predicted octanol–water partition coefficient (Wildman–Crippen LogP) is -2.37. The Kier molecular flexibility index (Phi) is 19.4. The van der Waals surface area contributed by atoms with Crippen molar-refractivity contribution in [1.82, 2.24) is 20.9 Å². The van der Waals surface area contributed by atoms with Crippen molar-refractivity contribution in [2.45, 2.75) is 76.2 Å². The van der Waals surface area contributed by atoms with E-state index in [1.54, 1.807) is 13.8 Å². The summed E-state index contributed by atoms with van der Waals surface area (Å²) in [7, 11) is 1.95. The smallest absolute Gasteiger partial charge is 0.323 e. The van der Waals surface area contributed by atoms with Crippen molar-refractivity contribution >= 4 is 69.1 Å². The Balaban J connectivity index is 5.63. The van der Waals surface area contributed by atoms with Crippen LogP contribution in [0.1, 0.15) is 46.0 Å². The number of aliphatic carboxylic acids is 4. The molecule has 11 N–H and O–H groups in total. The van der Waals surface area contributed by atoms with Crippen LogP contribution in [0.3, 0.4) is 0 Å². The average Bonchev–Trinajstić information content (AvgIpc) is 2.95. The van der Waals surface area contributed by atoms with Crippen molar-refractivity contribution < 1.29 is 58.8 Å². The molecule has 0 bridgehead atoms. The zero-order valence-electron chi connectivity index (χ0n) is 24.2. The molecule has 0 spiro atoms. The van der Waals surface area contributed by atoms with Gasteiger partial charge in [-0.05, 0) is 26.2 Å². The summed E-state index contributed by atoms with van der Waals surface area (Å²) in [5.41, 5.74) is 10.8. The first kappa shape index (κ1) is 40.4. The van der Waals surface area contributed by atoms with Crippen LogP contribution in [0.2, 0.25) is 0 Å². The fourth-order valence-electron chi connectivity index (χ4n) is 3.25. The first-order valence-electron chi connectivity index (χ1n) is 13.3. The van der Waals surface area contributed by atoms with Gasteiger partial charge in [0.05, 0.1) is 0 Å². The minimum Gasteiger partial charge on any atom is -0.480 e. The molecule has 18 nitrogen and oxygen atoms in total. The van der Waals surface area contributed by atoms with Gasteiger partial charge in [-0.2, -0.15) is 0 Å². The van der Waals surface area contributed by atoms with Crippen molar-refractivity contribution in [3.8, 4) is 0 Å². The van der Waals surface area contributed by atoms with E-state index in [9.17, 15) is 43.5 Å². The van der Waals surface area contributed by atoms with Gasteiger partial charge in [-0.15, -0.1) is 0 Å². The molecule has 0 aromatic heterocycles. The Morgan fingerprint density at radius 1 is 0.750 bits per heavy atom. The number of carboxylic acids is 4. The van der Waals surface area contributed by atoms with Crippen LogP contribution in [-0.4, -0.2) is 128 Å². The summed E-state index contributed by atoms with van der Waals surface area (Å²) in [5.74, 6) is -8.56. The molecule has 0 aliphatic heterocycles. The maximum Gasteiger partial charge on any atom is 0.323 e. The molecule has 20 heteroatoms. The number of carbonyl (C=O) groups is 8. The average molecular weight is 669 g/mol. The molecular formula is C24H40N6O12S2. The molecule has 0 rings (SSSR count). The third kappa shape index (κ3) is 16.9. The molecule has 0 aliphatic rings. The molecule has 0 radical (unpaired) electrons. The second kappa shape index (κ2) is 21.1. The number of hydrogen-bond acceptors (Lipinski definition) is 12. The number of carbonyl (C=O) groups excluding carboxylic acids is 4. The molecule has 44 heavy (non-hydrogen) atoms. The monoisotopic (exact) mass is 668 g/mol. The van der Waals surface area contributed by atoms with Crippen LogP contribution in [0.15, 0.2) is 0 Å². The second-order valence-corrected chi connectivity index (χ2v) is 12.1. The lowest BCUT2D eigenvalue weighted by Gasteiger charge is -2.31. The van der Waals surface area contributed by atoms with Crippen molar-refractivity contribution in [3.05, 3.63) is 0 Å². The van der Waals surface area contributed by atoms with Gasteiger partial charge >= 0.3 is 23.9 Å². The Morgan fingerprint density at radius 2 is 1.20 bits per heavy atom. The zero-order chi connectivity index (χ0) is 34.0. The van der Waals surface area contributed by atoms with E-state index in [0.717, 1.165) is 26.5 Å². The first-order chi connectivity index (χ1) is 20.5. The third-order valence-electron chi connectivity index (χ3n) is 5.96. The van der Waals surface area contributed by atoms with Gasteiger partial charge in [-0.3, -0.25) is 38.4 Å². The molecular weight excluding hydrogens is 628 g/mol. The van der Waals surface area contributed by atoms with Gasteiger partial charge in [-0.1, -0.05) is 28.5 Å². The van der Waals surface area contributed by atoms with Crippen molar-refractivity contribution in [2.75, 3.05) is 24.6 Å². The van der Waals surface area contributed by atoms with E-state index in [2.05, 4.69) is 16.0 Å². The summed E-state index contributed by atoms with van der Waals surface area (Å²) in [6.45, 7) is 1.97. The van der Waals surface area contributed by atoms with Gasteiger partial charge in [0.25, 0.3) is 0 Å². The molecule has 0 fully saturated rings. The summed E-state index contributed by atoms with van der Waals surface area (Å²) >= 11 is 0. The molecule has 1 unspecified atom stereocenters. The van der Waals surface area contributed by atoms with E-state index in [1.165, 1.54) is 0 Å². The van der Waals surface area contributed by atoms with Crippen LogP contribution in [0, 0.1) is 0 Å². The van der Waals surface area contributed by atoms with Gasteiger partial charge < -0.3 is 52.7 Å². The topological polar surface area (TPSA) is 309 Å². The van der Waals surface area contributed by atoms with Crippen LogP contribution in [0.5, 0.6) is 0 Å². The van der Waals surface area contributed by atoms with Gasteiger partial charge in [0.15, 0.2) is 0 Å². The molecule has 0 aromatic carbocycles. The summed E-state index contributed by atoms with van der Waals surface area (Å²) in [4.78, 5) is 95.9. The number of carboxylic acid groups (broad SMARTS) is 4. The highest BCUT2D eigenvalue weighted by Gasteiger charge is 2.31. The van der Waals surface area contributed by atoms with Gasteiger partial charge in [0.1, 0.15) is 37.3 Å². The second-order valence-electron chi connectivity index (χ2n) is 9.50. The first-order valence-corrected chi connectivity index (χ1v) is 15.8. The molecule has 0 saturated carbocycles. The van der Waals surface area contributed by atoms with Crippen LogP contribution in [-0.2, 0) is 38.4 Å². The number of hydrogen-bond donors (Lipinski definition) is 9. The molecule has 4 amide bonds. The highest BCUT2D eigenvalue weighted by molar-refractivity contribution is 8.76. The molecule has 0 aliphatic carbocycles. The molecule has 250 valence electrons.